The van der Waals surface area contributed by atoms with Crippen molar-refractivity contribution in [2.75, 3.05) is 37.7 Å². The normalized spacial score (nSPS) is 14.8. The Bertz CT molecular complexity index is 1080. The van der Waals surface area contributed by atoms with Crippen molar-refractivity contribution in [1.82, 2.24) is 15.2 Å². The number of nitriles is 1. The number of pyridine rings is 1. The number of alkyl halides is 3. The van der Waals surface area contributed by atoms with Gasteiger partial charge in [-0.15, -0.1) is 0 Å². The zero-order chi connectivity index (χ0) is 24.9. The number of anilines is 1. The summed E-state index contributed by atoms with van der Waals surface area (Å²) in [7, 11) is 0. The number of nitrogens with zero attached hydrogens (tertiary/aromatic N) is 4. The molecule has 34 heavy (non-hydrogen) atoms. The number of esters is 1. The number of rotatable bonds is 5. The van der Waals surface area contributed by atoms with Crippen LogP contribution in [0.1, 0.15) is 47.1 Å². The second-order valence-electron chi connectivity index (χ2n) is 7.64. The summed E-state index contributed by atoms with van der Waals surface area (Å²) in [5.74, 6) is -1.38. The molecular weight excluding hydrogens is 451 g/mol. The van der Waals surface area contributed by atoms with Crippen LogP contribution in [0.15, 0.2) is 36.4 Å². The number of hydrogen-bond acceptors (Lipinski definition) is 6. The lowest BCUT2D eigenvalue weighted by Gasteiger charge is -2.36. The van der Waals surface area contributed by atoms with Crippen LogP contribution in [0.3, 0.4) is 0 Å². The average molecular weight is 475 g/mol. The Labute approximate surface area is 194 Å². The molecular formula is C23H24F3N5O3. The van der Waals surface area contributed by atoms with Gasteiger partial charge in [-0.1, -0.05) is 30.3 Å². The van der Waals surface area contributed by atoms with Gasteiger partial charge >= 0.3 is 18.2 Å². The summed E-state index contributed by atoms with van der Waals surface area (Å²) in [6, 6.07) is 11.6. The molecule has 0 radical (unpaired) electrons. The molecule has 2 aromatic rings. The molecule has 1 saturated heterocycles. The highest BCUT2D eigenvalue weighted by Crippen LogP contribution is 2.34. The van der Waals surface area contributed by atoms with Crippen LogP contribution >= 0.6 is 0 Å². The van der Waals surface area contributed by atoms with Gasteiger partial charge in [0.2, 0.25) is 0 Å². The first-order valence-electron chi connectivity index (χ1n) is 10.7. The molecule has 2 heterocycles. The smallest absolute Gasteiger partial charge is 0.434 e. The van der Waals surface area contributed by atoms with E-state index in [1.807, 2.05) is 43.3 Å². The Morgan fingerprint density at radius 3 is 2.41 bits per heavy atom. The van der Waals surface area contributed by atoms with Gasteiger partial charge in [-0.25, -0.2) is 14.6 Å². The lowest BCUT2D eigenvalue weighted by atomic mass is 10.1. The monoisotopic (exact) mass is 475 g/mol. The quantitative estimate of drug-likeness (QED) is 0.662. The van der Waals surface area contributed by atoms with Crippen molar-refractivity contribution in [3.63, 3.8) is 0 Å². The molecule has 8 nitrogen and oxygen atoms in total. The fourth-order valence-corrected chi connectivity index (χ4v) is 3.63. The molecule has 1 aromatic carbocycles. The summed E-state index contributed by atoms with van der Waals surface area (Å²) < 4.78 is 45.6. The Morgan fingerprint density at radius 1 is 1.21 bits per heavy atom. The highest BCUT2D eigenvalue weighted by Gasteiger charge is 2.40. The third kappa shape index (κ3) is 5.57. The minimum Gasteiger partial charge on any atom is -0.462 e. The molecule has 1 atom stereocenters. The van der Waals surface area contributed by atoms with Crippen LogP contribution in [0.5, 0.6) is 0 Å². The first-order valence-corrected chi connectivity index (χ1v) is 10.7. The molecule has 2 amide bonds. The number of amides is 2. The Hall–Kier alpha value is -3.81. The standard InChI is InChI=1S/C23H24F3N5O3/c1-3-34-21(32)18-13-17(14-27)20(29-19(18)23(24,25)26)30-9-11-31(12-10-30)22(33)28-15(2)16-7-5-4-6-8-16/h4-8,13,15H,3,9-12H2,1-2H3,(H,28,33)/t15-/m0/s1. The highest BCUT2D eigenvalue weighted by atomic mass is 19.4. The van der Waals surface area contributed by atoms with Gasteiger partial charge in [-0.05, 0) is 25.5 Å². The van der Waals surface area contributed by atoms with Gasteiger partial charge in [0, 0.05) is 26.2 Å². The average Bonchev–Trinajstić information content (AvgIpc) is 2.83. The van der Waals surface area contributed by atoms with E-state index < -0.39 is 23.4 Å². The van der Waals surface area contributed by atoms with E-state index >= 15 is 0 Å². The van der Waals surface area contributed by atoms with Crippen LogP contribution < -0.4 is 10.2 Å². The molecule has 1 aromatic heterocycles. The fourth-order valence-electron chi connectivity index (χ4n) is 3.63. The topological polar surface area (TPSA) is 98.6 Å². The van der Waals surface area contributed by atoms with Crippen LogP contribution in [0.2, 0.25) is 0 Å². The van der Waals surface area contributed by atoms with Gasteiger partial charge in [-0.2, -0.15) is 18.4 Å². The first kappa shape index (κ1) is 24.8. The second kappa shape index (κ2) is 10.4. The van der Waals surface area contributed by atoms with E-state index in [-0.39, 0.29) is 56.2 Å². The number of piperazine rings is 1. The maximum absolute atomic E-state index is 13.6. The number of carbonyl (C=O) groups is 2. The lowest BCUT2D eigenvalue weighted by Crippen LogP contribution is -2.52. The predicted molar refractivity (Wildman–Crippen MR) is 117 cm³/mol. The van der Waals surface area contributed by atoms with E-state index in [9.17, 15) is 28.0 Å². The first-order chi connectivity index (χ1) is 16.2. The minimum absolute atomic E-state index is 0.118. The second-order valence-corrected chi connectivity index (χ2v) is 7.64. The van der Waals surface area contributed by atoms with Gasteiger partial charge in [0.05, 0.1) is 23.8 Å². The predicted octanol–water partition coefficient (Wildman–Crippen LogP) is 3.74. The number of ether oxygens (including phenoxy) is 1. The third-order valence-electron chi connectivity index (χ3n) is 5.39. The molecule has 1 N–H and O–H groups in total. The Morgan fingerprint density at radius 2 is 1.85 bits per heavy atom. The highest BCUT2D eigenvalue weighted by molar-refractivity contribution is 5.92. The number of nitrogens with one attached hydrogen (secondary N) is 1. The molecule has 0 bridgehead atoms. The van der Waals surface area contributed by atoms with Crippen molar-refractivity contribution in [1.29, 1.82) is 5.26 Å². The summed E-state index contributed by atoms with van der Waals surface area (Å²) in [6.45, 7) is 3.99. The summed E-state index contributed by atoms with van der Waals surface area (Å²) in [6.07, 6.45) is -4.92. The van der Waals surface area contributed by atoms with Crippen molar-refractivity contribution in [2.45, 2.75) is 26.1 Å². The van der Waals surface area contributed by atoms with Crippen molar-refractivity contribution in [2.24, 2.45) is 0 Å². The number of hydrogen-bond donors (Lipinski definition) is 1. The maximum atomic E-state index is 13.6. The van der Waals surface area contributed by atoms with Crippen molar-refractivity contribution < 1.29 is 27.5 Å². The largest absolute Gasteiger partial charge is 0.462 e. The molecule has 1 aliphatic heterocycles. The minimum atomic E-state index is -4.92. The summed E-state index contributed by atoms with van der Waals surface area (Å²) in [5, 5.41) is 12.4. The van der Waals surface area contributed by atoms with E-state index in [4.69, 9.17) is 4.74 Å². The van der Waals surface area contributed by atoms with E-state index in [1.54, 1.807) is 4.90 Å². The molecule has 3 rings (SSSR count). The maximum Gasteiger partial charge on any atom is 0.434 e. The van der Waals surface area contributed by atoms with E-state index in [1.165, 1.54) is 11.8 Å². The number of halogens is 3. The molecule has 0 aliphatic carbocycles. The molecule has 180 valence electrons. The summed E-state index contributed by atoms with van der Waals surface area (Å²) >= 11 is 0. The van der Waals surface area contributed by atoms with Crippen molar-refractivity contribution in [3.8, 4) is 6.07 Å². The number of aromatic nitrogens is 1. The SMILES string of the molecule is CCOC(=O)c1cc(C#N)c(N2CCN(C(=O)N[C@@H](C)c3ccccc3)CC2)nc1C(F)(F)F. The van der Waals surface area contributed by atoms with Crippen LogP contribution in [0, 0.1) is 11.3 Å². The zero-order valence-electron chi connectivity index (χ0n) is 18.7. The van der Waals surface area contributed by atoms with Gasteiger partial charge in [0.1, 0.15) is 11.9 Å². The molecule has 1 fully saturated rings. The van der Waals surface area contributed by atoms with Crippen LogP contribution in [0.25, 0.3) is 0 Å². The zero-order valence-corrected chi connectivity index (χ0v) is 18.7. The van der Waals surface area contributed by atoms with Gasteiger partial charge in [0.25, 0.3) is 0 Å². The van der Waals surface area contributed by atoms with E-state index in [0.717, 1.165) is 11.6 Å². The summed E-state index contributed by atoms with van der Waals surface area (Å²) in [5.41, 5.74) is -1.44. The Kier molecular flexibility index (Phi) is 7.61. The molecule has 11 heteroatoms. The van der Waals surface area contributed by atoms with Crippen molar-refractivity contribution >= 4 is 17.8 Å². The molecule has 0 spiro atoms. The number of urea groups is 1. The van der Waals surface area contributed by atoms with E-state index in [2.05, 4.69) is 10.3 Å². The van der Waals surface area contributed by atoms with E-state index in [0.29, 0.717) is 0 Å². The number of carbonyl (C=O) groups excluding carboxylic acids is 2. The van der Waals surface area contributed by atoms with Gasteiger partial charge in [-0.3, -0.25) is 0 Å². The fraction of sp³-hybridized carbons (Fsp3) is 0.391. The lowest BCUT2D eigenvalue weighted by molar-refractivity contribution is -0.141. The van der Waals surface area contributed by atoms with Gasteiger partial charge in [0.15, 0.2) is 5.69 Å². The van der Waals surface area contributed by atoms with Crippen LogP contribution in [0.4, 0.5) is 23.8 Å². The molecule has 1 aliphatic rings. The summed E-state index contributed by atoms with van der Waals surface area (Å²) in [4.78, 5) is 31.4. The van der Waals surface area contributed by atoms with Crippen LogP contribution in [-0.4, -0.2) is 54.7 Å². The molecule has 0 unspecified atom stereocenters. The molecule has 0 saturated carbocycles. The number of benzene rings is 1. The Balaban J connectivity index is 1.76. The van der Waals surface area contributed by atoms with Crippen molar-refractivity contribution in [3.05, 3.63) is 58.8 Å². The van der Waals surface area contributed by atoms with Crippen LogP contribution in [-0.2, 0) is 10.9 Å². The third-order valence-corrected chi connectivity index (χ3v) is 5.39. The van der Waals surface area contributed by atoms with Gasteiger partial charge < -0.3 is 19.9 Å².